The number of para-hydroxylation sites is 1. The highest BCUT2D eigenvalue weighted by atomic mass is 16.5. The summed E-state index contributed by atoms with van der Waals surface area (Å²) in [5.41, 5.74) is 2.63. The molecular formula is C24H32N2O2. The lowest BCUT2D eigenvalue weighted by Crippen LogP contribution is -2.38. The van der Waals surface area contributed by atoms with Crippen LogP contribution in [0.2, 0.25) is 0 Å². The van der Waals surface area contributed by atoms with E-state index in [9.17, 15) is 5.11 Å². The van der Waals surface area contributed by atoms with Gasteiger partial charge in [0.05, 0.1) is 0 Å². The predicted molar refractivity (Wildman–Crippen MR) is 112 cm³/mol. The van der Waals surface area contributed by atoms with Crippen molar-refractivity contribution in [2.24, 2.45) is 0 Å². The number of nitrogens with zero attached hydrogens (tertiary/aromatic N) is 1. The number of benzene rings is 2. The summed E-state index contributed by atoms with van der Waals surface area (Å²) in [5, 5.41) is 14.1. The first-order chi connectivity index (χ1) is 13.8. The Balaban J connectivity index is 1.31. The Bertz CT molecular complexity index is 739. The molecule has 2 aliphatic rings. The molecule has 4 heteroatoms. The first-order valence-corrected chi connectivity index (χ1v) is 10.7. The van der Waals surface area contributed by atoms with Crippen LogP contribution in [-0.4, -0.2) is 42.4 Å². The van der Waals surface area contributed by atoms with Gasteiger partial charge in [-0.2, -0.15) is 0 Å². The van der Waals surface area contributed by atoms with Crippen molar-refractivity contribution in [2.45, 2.75) is 50.3 Å². The van der Waals surface area contributed by atoms with E-state index in [-0.39, 0.29) is 5.54 Å². The van der Waals surface area contributed by atoms with Crippen LogP contribution >= 0.6 is 0 Å². The van der Waals surface area contributed by atoms with E-state index in [1.165, 1.54) is 37.7 Å². The van der Waals surface area contributed by atoms with Crippen molar-refractivity contribution in [3.8, 4) is 5.75 Å². The lowest BCUT2D eigenvalue weighted by molar-refractivity contribution is 0.0613. The minimum atomic E-state index is -0.446. The predicted octanol–water partition coefficient (Wildman–Crippen LogP) is 3.69. The van der Waals surface area contributed by atoms with Gasteiger partial charge in [0.25, 0.3) is 0 Å². The fourth-order valence-electron chi connectivity index (χ4n) is 4.18. The number of rotatable bonds is 9. The fraction of sp³-hybridized carbons (Fsp3) is 0.500. The summed E-state index contributed by atoms with van der Waals surface area (Å²) in [4.78, 5) is 2.35. The summed E-state index contributed by atoms with van der Waals surface area (Å²) in [5.74, 6) is 0.872. The Morgan fingerprint density at radius 2 is 1.68 bits per heavy atom. The largest absolute Gasteiger partial charge is 0.491 e. The number of aliphatic hydroxyl groups is 1. The molecule has 2 fully saturated rings. The second kappa shape index (κ2) is 9.08. The molecule has 2 N–H and O–H groups in total. The molecule has 1 saturated carbocycles. The van der Waals surface area contributed by atoms with E-state index < -0.39 is 6.10 Å². The van der Waals surface area contributed by atoms with Gasteiger partial charge in [-0.1, -0.05) is 55.0 Å². The van der Waals surface area contributed by atoms with Crippen molar-refractivity contribution >= 4 is 0 Å². The lowest BCUT2D eigenvalue weighted by Gasteiger charge is -2.28. The van der Waals surface area contributed by atoms with E-state index in [1.807, 2.05) is 12.1 Å². The van der Waals surface area contributed by atoms with Crippen molar-refractivity contribution in [1.29, 1.82) is 0 Å². The minimum Gasteiger partial charge on any atom is -0.491 e. The zero-order valence-electron chi connectivity index (χ0n) is 16.6. The molecule has 0 spiro atoms. The first-order valence-electron chi connectivity index (χ1n) is 10.7. The summed E-state index contributed by atoms with van der Waals surface area (Å²) in [6.45, 7) is 4.01. The molecule has 150 valence electrons. The number of nitrogens with one attached hydrogen (secondary N) is 1. The van der Waals surface area contributed by atoms with E-state index in [0.717, 1.165) is 30.9 Å². The van der Waals surface area contributed by atoms with Gasteiger partial charge in [0.2, 0.25) is 0 Å². The van der Waals surface area contributed by atoms with Crippen molar-refractivity contribution in [3.63, 3.8) is 0 Å². The molecule has 2 aromatic rings. The summed E-state index contributed by atoms with van der Waals surface area (Å²) < 4.78 is 6.02. The third-order valence-corrected chi connectivity index (χ3v) is 6.02. The Morgan fingerprint density at radius 3 is 2.43 bits per heavy atom. The number of ether oxygens (including phenoxy) is 1. The summed E-state index contributed by atoms with van der Waals surface area (Å²) >= 11 is 0. The SMILES string of the molecule is O[C@@H](COc1ccccc1CNC1(c2ccccc2)CC1)CN1CCCCC1. The molecule has 1 saturated heterocycles. The van der Waals surface area contributed by atoms with E-state index in [4.69, 9.17) is 4.74 Å². The Hall–Kier alpha value is -1.88. The smallest absolute Gasteiger partial charge is 0.123 e. The average Bonchev–Trinajstić information content (AvgIpc) is 3.54. The molecule has 2 aromatic carbocycles. The molecule has 1 aliphatic carbocycles. The number of likely N-dealkylation sites (tertiary alicyclic amines) is 1. The first kappa shape index (κ1) is 19.4. The molecule has 1 aliphatic heterocycles. The second-order valence-electron chi connectivity index (χ2n) is 8.24. The maximum atomic E-state index is 10.4. The van der Waals surface area contributed by atoms with Crippen LogP contribution in [0.15, 0.2) is 54.6 Å². The molecule has 0 unspecified atom stereocenters. The molecule has 1 atom stereocenters. The third-order valence-electron chi connectivity index (χ3n) is 6.02. The highest BCUT2D eigenvalue weighted by molar-refractivity contribution is 5.35. The zero-order valence-corrected chi connectivity index (χ0v) is 16.6. The summed E-state index contributed by atoms with van der Waals surface area (Å²) in [6.07, 6.45) is 5.70. The Morgan fingerprint density at radius 1 is 0.964 bits per heavy atom. The molecule has 4 nitrogen and oxygen atoms in total. The normalized spacial score (nSPS) is 19.9. The number of hydrogen-bond acceptors (Lipinski definition) is 4. The van der Waals surface area contributed by atoms with E-state index in [1.54, 1.807) is 0 Å². The van der Waals surface area contributed by atoms with E-state index >= 15 is 0 Å². The van der Waals surface area contributed by atoms with Crippen LogP contribution in [0, 0.1) is 0 Å². The Labute approximate surface area is 168 Å². The molecule has 0 amide bonds. The molecule has 0 bridgehead atoms. The van der Waals surface area contributed by atoms with E-state index in [0.29, 0.717) is 13.2 Å². The Kier molecular flexibility index (Phi) is 6.30. The quantitative estimate of drug-likeness (QED) is 0.696. The molecule has 0 aromatic heterocycles. The molecule has 4 rings (SSSR count). The monoisotopic (exact) mass is 380 g/mol. The van der Waals surface area contributed by atoms with Crippen LogP contribution in [0.3, 0.4) is 0 Å². The van der Waals surface area contributed by atoms with Gasteiger partial charge < -0.3 is 20.1 Å². The number of piperidine rings is 1. The van der Waals surface area contributed by atoms with Crippen LogP contribution in [0.5, 0.6) is 5.75 Å². The standard InChI is InChI=1S/C24H32N2O2/c27-22(18-26-15-7-2-8-16-26)19-28-23-12-6-5-9-20(23)17-25-24(13-14-24)21-10-3-1-4-11-21/h1,3-6,9-12,22,25,27H,2,7-8,13-19H2/t22-/m1/s1. The number of aliphatic hydroxyl groups excluding tert-OH is 1. The third kappa shape index (κ3) is 4.93. The van der Waals surface area contributed by atoms with Crippen LogP contribution in [0.25, 0.3) is 0 Å². The van der Waals surface area contributed by atoms with Crippen molar-refractivity contribution in [3.05, 3.63) is 65.7 Å². The van der Waals surface area contributed by atoms with Crippen molar-refractivity contribution in [1.82, 2.24) is 10.2 Å². The van der Waals surface area contributed by atoms with Crippen molar-refractivity contribution in [2.75, 3.05) is 26.2 Å². The van der Waals surface area contributed by atoms with Gasteiger partial charge in [0.15, 0.2) is 0 Å². The van der Waals surface area contributed by atoms with Crippen LogP contribution in [-0.2, 0) is 12.1 Å². The summed E-state index contributed by atoms with van der Waals surface area (Å²) in [7, 11) is 0. The zero-order chi connectivity index (χ0) is 19.2. The van der Waals surface area contributed by atoms with E-state index in [2.05, 4.69) is 52.7 Å². The van der Waals surface area contributed by atoms with Crippen LogP contribution < -0.4 is 10.1 Å². The second-order valence-corrected chi connectivity index (χ2v) is 8.24. The van der Waals surface area contributed by atoms with Gasteiger partial charge in [-0.15, -0.1) is 0 Å². The van der Waals surface area contributed by atoms with Gasteiger partial charge in [-0.05, 0) is 50.4 Å². The molecule has 0 radical (unpaired) electrons. The van der Waals surface area contributed by atoms with Crippen LogP contribution in [0.1, 0.15) is 43.2 Å². The highest BCUT2D eigenvalue weighted by Crippen LogP contribution is 2.45. The molecular weight excluding hydrogens is 348 g/mol. The minimum absolute atomic E-state index is 0.113. The number of hydrogen-bond donors (Lipinski definition) is 2. The van der Waals surface area contributed by atoms with Gasteiger partial charge in [-0.25, -0.2) is 0 Å². The summed E-state index contributed by atoms with van der Waals surface area (Å²) in [6, 6.07) is 18.9. The van der Waals surface area contributed by atoms with Gasteiger partial charge in [-0.3, -0.25) is 0 Å². The van der Waals surface area contributed by atoms with Gasteiger partial charge >= 0.3 is 0 Å². The lowest BCUT2D eigenvalue weighted by atomic mass is 10.0. The van der Waals surface area contributed by atoms with Gasteiger partial charge in [0, 0.05) is 24.2 Å². The molecule has 28 heavy (non-hydrogen) atoms. The van der Waals surface area contributed by atoms with Gasteiger partial charge in [0.1, 0.15) is 18.5 Å². The fourth-order valence-corrected chi connectivity index (χ4v) is 4.18. The highest BCUT2D eigenvalue weighted by Gasteiger charge is 2.43. The average molecular weight is 381 g/mol. The molecule has 1 heterocycles. The maximum Gasteiger partial charge on any atom is 0.123 e. The topological polar surface area (TPSA) is 44.7 Å². The van der Waals surface area contributed by atoms with Crippen molar-refractivity contribution < 1.29 is 9.84 Å². The number of β-amino-alcohol motifs (C(OH)–C–C–N with tert-alkyl or cyclic N) is 1. The van der Waals surface area contributed by atoms with Crippen LogP contribution in [0.4, 0.5) is 0 Å². The maximum absolute atomic E-state index is 10.4.